The third-order valence-electron chi connectivity index (χ3n) is 6.35. The highest BCUT2D eigenvalue weighted by Crippen LogP contribution is 2.29. The lowest BCUT2D eigenvalue weighted by molar-refractivity contribution is -0.123. The van der Waals surface area contributed by atoms with E-state index in [0.29, 0.717) is 50.9 Å². The van der Waals surface area contributed by atoms with Crippen molar-refractivity contribution in [3.8, 4) is 17.2 Å². The number of amides is 1. The number of esters is 1. The maximum Gasteiger partial charge on any atom is 0.348 e. The monoisotopic (exact) mass is 565 g/mol. The minimum Gasteiger partial charge on any atom is -0.493 e. The second kappa shape index (κ2) is 13.1. The van der Waals surface area contributed by atoms with Crippen molar-refractivity contribution in [3.05, 3.63) is 81.2 Å². The summed E-state index contributed by atoms with van der Waals surface area (Å²) in [6.07, 6.45) is 1.90. The number of carbonyl (C=O) groups excluding carboxylic acids is 2. The van der Waals surface area contributed by atoms with E-state index >= 15 is 0 Å². The summed E-state index contributed by atoms with van der Waals surface area (Å²) in [6.45, 7) is 3.93. The number of benzene rings is 2. The summed E-state index contributed by atoms with van der Waals surface area (Å²) < 4.78 is 22.8. The van der Waals surface area contributed by atoms with E-state index in [1.807, 2.05) is 48.5 Å². The number of aromatic nitrogens is 2. The van der Waals surface area contributed by atoms with Crippen molar-refractivity contribution in [3.63, 3.8) is 0 Å². The topological polar surface area (TPSA) is 118 Å². The van der Waals surface area contributed by atoms with Crippen molar-refractivity contribution in [1.29, 1.82) is 0 Å². The van der Waals surface area contributed by atoms with Crippen molar-refractivity contribution in [2.75, 3.05) is 34.0 Å². The Balaban J connectivity index is 1.38. The second-order valence-corrected chi connectivity index (χ2v) is 9.90. The summed E-state index contributed by atoms with van der Waals surface area (Å²) in [4.78, 5) is 44.0. The van der Waals surface area contributed by atoms with E-state index in [9.17, 15) is 14.4 Å². The molecule has 4 rings (SSSR count). The summed E-state index contributed by atoms with van der Waals surface area (Å²) in [7, 11) is 3.14. The van der Waals surface area contributed by atoms with Gasteiger partial charge in [-0.05, 0) is 55.7 Å². The number of nitrogens with one attached hydrogen (secondary N) is 1. The van der Waals surface area contributed by atoms with E-state index in [0.717, 1.165) is 16.9 Å². The molecule has 1 N–H and O–H groups in total. The van der Waals surface area contributed by atoms with Crippen LogP contribution in [-0.4, -0.2) is 55.4 Å². The van der Waals surface area contributed by atoms with Crippen LogP contribution in [0.15, 0.2) is 59.7 Å². The van der Waals surface area contributed by atoms with Crippen LogP contribution in [0.25, 0.3) is 10.2 Å². The van der Waals surface area contributed by atoms with Gasteiger partial charge in [0.2, 0.25) is 5.91 Å². The zero-order chi connectivity index (χ0) is 28.6. The van der Waals surface area contributed by atoms with Gasteiger partial charge in [-0.15, -0.1) is 11.3 Å². The Kier molecular flexibility index (Phi) is 9.39. The minimum atomic E-state index is -0.806. The van der Waals surface area contributed by atoms with Gasteiger partial charge in [-0.1, -0.05) is 24.3 Å². The van der Waals surface area contributed by atoms with Crippen LogP contribution in [0.4, 0.5) is 0 Å². The molecule has 1 amide bonds. The van der Waals surface area contributed by atoms with E-state index in [1.165, 1.54) is 10.9 Å². The standard InChI is InChI=1S/C29H31N3O7S/c1-18-24-27(40-25(18)29(35)39-15-14-38-21-8-6-5-7-9-21)31-17-32(28(24)34)19(2)26(33)30-13-12-20-10-11-22(36-3)23(16-20)37-4/h5-11,16-17,19H,12-15H2,1-4H3,(H,30,33). The van der Waals surface area contributed by atoms with E-state index in [4.69, 9.17) is 18.9 Å². The lowest BCUT2D eigenvalue weighted by Crippen LogP contribution is -2.36. The third kappa shape index (κ3) is 6.42. The Morgan fingerprint density at radius 3 is 2.52 bits per heavy atom. The first-order chi connectivity index (χ1) is 19.3. The maximum atomic E-state index is 13.3. The van der Waals surface area contributed by atoms with Gasteiger partial charge in [-0.25, -0.2) is 9.78 Å². The van der Waals surface area contributed by atoms with E-state index in [-0.39, 0.29) is 19.1 Å². The van der Waals surface area contributed by atoms with Crippen LogP contribution in [0.5, 0.6) is 17.2 Å². The predicted octanol–water partition coefficient (Wildman–Crippen LogP) is 3.94. The van der Waals surface area contributed by atoms with E-state index in [1.54, 1.807) is 28.1 Å². The molecule has 1 unspecified atom stereocenters. The maximum absolute atomic E-state index is 13.3. The van der Waals surface area contributed by atoms with Crippen molar-refractivity contribution >= 4 is 33.4 Å². The molecule has 2 aromatic carbocycles. The van der Waals surface area contributed by atoms with Gasteiger partial charge in [-0.2, -0.15) is 0 Å². The Morgan fingerprint density at radius 1 is 1.05 bits per heavy atom. The first-order valence-electron chi connectivity index (χ1n) is 12.7. The number of fused-ring (bicyclic) bond motifs is 1. The van der Waals surface area contributed by atoms with Crippen molar-refractivity contribution in [1.82, 2.24) is 14.9 Å². The minimum absolute atomic E-state index is 0.0551. The van der Waals surface area contributed by atoms with Crippen LogP contribution in [0.2, 0.25) is 0 Å². The highest BCUT2D eigenvalue weighted by molar-refractivity contribution is 7.20. The molecule has 0 fully saturated rings. The zero-order valence-electron chi connectivity index (χ0n) is 22.8. The summed E-state index contributed by atoms with van der Waals surface area (Å²) in [5.74, 6) is 1.04. The number of para-hydroxylation sites is 1. The summed E-state index contributed by atoms with van der Waals surface area (Å²) in [5, 5.41) is 3.16. The predicted molar refractivity (Wildman–Crippen MR) is 152 cm³/mol. The average Bonchev–Trinajstić information content (AvgIpc) is 3.32. The Hall–Kier alpha value is -4.38. The highest BCUT2D eigenvalue weighted by atomic mass is 32.1. The molecule has 0 bridgehead atoms. The lowest BCUT2D eigenvalue weighted by Gasteiger charge is -2.15. The normalized spacial score (nSPS) is 11.6. The average molecular weight is 566 g/mol. The molecule has 0 aliphatic rings. The van der Waals surface area contributed by atoms with Gasteiger partial charge in [0.25, 0.3) is 5.56 Å². The summed E-state index contributed by atoms with van der Waals surface area (Å²) >= 11 is 1.09. The molecule has 0 saturated carbocycles. The number of nitrogens with zero attached hydrogens (tertiary/aromatic N) is 2. The molecule has 0 aliphatic carbocycles. The molecule has 0 spiro atoms. The van der Waals surface area contributed by atoms with Gasteiger partial charge in [0.1, 0.15) is 34.7 Å². The molecule has 4 aromatic rings. The molecule has 2 aromatic heterocycles. The van der Waals surface area contributed by atoms with E-state index in [2.05, 4.69) is 10.3 Å². The number of hydrogen-bond acceptors (Lipinski definition) is 9. The summed E-state index contributed by atoms with van der Waals surface area (Å²) in [5.41, 5.74) is 1.04. The largest absolute Gasteiger partial charge is 0.493 e. The van der Waals surface area contributed by atoms with Crippen LogP contribution in [0.1, 0.15) is 33.8 Å². The number of carbonyl (C=O) groups is 2. The second-order valence-electron chi connectivity index (χ2n) is 8.90. The highest BCUT2D eigenvalue weighted by Gasteiger charge is 2.23. The molecule has 0 radical (unpaired) electrons. The molecule has 11 heteroatoms. The molecule has 40 heavy (non-hydrogen) atoms. The number of aryl methyl sites for hydroxylation is 1. The molecule has 0 saturated heterocycles. The van der Waals surface area contributed by atoms with Crippen LogP contribution in [0.3, 0.4) is 0 Å². The zero-order valence-corrected chi connectivity index (χ0v) is 23.6. The summed E-state index contributed by atoms with van der Waals surface area (Å²) in [6, 6.07) is 14.0. The molecule has 2 heterocycles. The third-order valence-corrected chi connectivity index (χ3v) is 7.53. The van der Waals surface area contributed by atoms with Crippen LogP contribution in [-0.2, 0) is 16.0 Å². The first kappa shape index (κ1) is 28.6. The fourth-order valence-corrected chi connectivity index (χ4v) is 5.16. The fourth-order valence-electron chi connectivity index (χ4n) is 4.12. The fraction of sp³-hybridized carbons (Fsp3) is 0.310. The van der Waals surface area contributed by atoms with Crippen molar-refractivity contribution < 1.29 is 28.5 Å². The van der Waals surface area contributed by atoms with Gasteiger partial charge < -0.3 is 24.3 Å². The number of ether oxygens (including phenoxy) is 4. The Bertz CT molecular complexity index is 1550. The van der Waals surface area contributed by atoms with E-state index < -0.39 is 17.6 Å². The van der Waals surface area contributed by atoms with Gasteiger partial charge in [0.15, 0.2) is 11.5 Å². The molecular weight excluding hydrogens is 534 g/mol. The van der Waals surface area contributed by atoms with Gasteiger partial charge >= 0.3 is 5.97 Å². The molecule has 10 nitrogen and oxygen atoms in total. The first-order valence-corrected chi connectivity index (χ1v) is 13.5. The number of thiophene rings is 1. The van der Waals surface area contributed by atoms with Crippen LogP contribution >= 0.6 is 11.3 Å². The van der Waals surface area contributed by atoms with Crippen LogP contribution in [0, 0.1) is 6.92 Å². The Morgan fingerprint density at radius 2 is 1.80 bits per heavy atom. The van der Waals surface area contributed by atoms with Gasteiger partial charge in [-0.3, -0.25) is 14.2 Å². The number of hydrogen-bond donors (Lipinski definition) is 1. The van der Waals surface area contributed by atoms with Gasteiger partial charge in [0, 0.05) is 6.54 Å². The van der Waals surface area contributed by atoms with Crippen molar-refractivity contribution in [2.45, 2.75) is 26.3 Å². The van der Waals surface area contributed by atoms with Crippen LogP contribution < -0.4 is 25.1 Å². The quantitative estimate of drug-likeness (QED) is 0.203. The lowest BCUT2D eigenvalue weighted by atomic mass is 10.1. The number of methoxy groups -OCH3 is 2. The molecular formula is C29H31N3O7S. The molecule has 1 atom stereocenters. The number of rotatable bonds is 12. The smallest absolute Gasteiger partial charge is 0.348 e. The SMILES string of the molecule is COc1ccc(CCNC(=O)C(C)n2cnc3sc(C(=O)OCCOc4ccccc4)c(C)c3c2=O)cc1OC. The Labute approximate surface area is 235 Å². The molecule has 0 aliphatic heterocycles. The van der Waals surface area contributed by atoms with Gasteiger partial charge in [0.05, 0.1) is 25.9 Å². The van der Waals surface area contributed by atoms with Crippen molar-refractivity contribution in [2.24, 2.45) is 0 Å². The molecule has 210 valence electrons.